The van der Waals surface area contributed by atoms with Gasteiger partial charge in [0.15, 0.2) is 0 Å². The second kappa shape index (κ2) is 8.03. The summed E-state index contributed by atoms with van der Waals surface area (Å²) in [7, 11) is -3.60. The Morgan fingerprint density at radius 1 is 1.03 bits per heavy atom. The van der Waals surface area contributed by atoms with E-state index in [9.17, 15) is 13.2 Å². The number of piperidine rings is 1. The molecule has 6 nitrogen and oxygen atoms in total. The highest BCUT2D eigenvalue weighted by Crippen LogP contribution is 2.35. The molecule has 2 aromatic heterocycles. The third kappa shape index (κ3) is 3.57. The molecule has 1 unspecified atom stereocenters. The number of benzene rings is 1. The van der Waals surface area contributed by atoms with Crippen molar-refractivity contribution in [3.05, 3.63) is 46.8 Å². The van der Waals surface area contributed by atoms with Crippen LogP contribution in [0.4, 0.5) is 0 Å². The summed E-state index contributed by atoms with van der Waals surface area (Å²) in [5.74, 6) is 0.316. The number of aromatic nitrogens is 1. The molecule has 0 radical (unpaired) electrons. The van der Waals surface area contributed by atoms with Crippen LogP contribution in [0.25, 0.3) is 10.2 Å². The maximum Gasteiger partial charge on any atom is 0.253 e. The number of nitrogens with zero attached hydrogens (tertiary/aromatic N) is 3. The zero-order chi connectivity index (χ0) is 20.7. The van der Waals surface area contributed by atoms with E-state index >= 15 is 0 Å². The molecule has 1 aromatic carbocycles. The lowest BCUT2D eigenvalue weighted by molar-refractivity contribution is -0.135. The lowest BCUT2D eigenvalue weighted by atomic mass is 9.97. The van der Waals surface area contributed by atoms with E-state index in [0.717, 1.165) is 29.8 Å². The second-order valence-electron chi connectivity index (χ2n) is 7.83. The summed E-state index contributed by atoms with van der Waals surface area (Å²) in [4.78, 5) is 19.9. The number of rotatable bonds is 4. The van der Waals surface area contributed by atoms with Gasteiger partial charge >= 0.3 is 0 Å². The Bertz CT molecular complexity index is 1120. The summed E-state index contributed by atoms with van der Waals surface area (Å²) >= 11 is 2.95. The normalized spacial score (nSPS) is 21.5. The van der Waals surface area contributed by atoms with E-state index in [0.29, 0.717) is 36.2 Å². The van der Waals surface area contributed by atoms with Crippen LogP contribution in [0, 0.1) is 0 Å². The van der Waals surface area contributed by atoms with Crippen LogP contribution < -0.4 is 0 Å². The zero-order valence-corrected chi connectivity index (χ0v) is 18.9. The fraction of sp³-hybridized carbons (Fsp3) is 0.429. The highest BCUT2D eigenvalue weighted by atomic mass is 32.2. The molecule has 30 heavy (non-hydrogen) atoms. The van der Waals surface area contributed by atoms with Gasteiger partial charge in [-0.05, 0) is 49.3 Å². The van der Waals surface area contributed by atoms with Crippen molar-refractivity contribution in [1.29, 1.82) is 0 Å². The summed E-state index contributed by atoms with van der Waals surface area (Å²) in [6.07, 6.45) is 3.07. The van der Waals surface area contributed by atoms with Gasteiger partial charge in [0.2, 0.25) is 5.91 Å². The fourth-order valence-electron chi connectivity index (χ4n) is 4.42. The third-order valence-corrected chi connectivity index (χ3v) is 10.5. The van der Waals surface area contributed by atoms with Crippen LogP contribution in [0.15, 0.2) is 46.0 Å². The van der Waals surface area contributed by atoms with Gasteiger partial charge < -0.3 is 4.90 Å². The molecule has 1 amide bonds. The topological polar surface area (TPSA) is 70.6 Å². The average molecular weight is 462 g/mol. The summed E-state index contributed by atoms with van der Waals surface area (Å²) < 4.78 is 28.9. The van der Waals surface area contributed by atoms with Gasteiger partial charge in [0.25, 0.3) is 10.0 Å². The molecule has 2 aliphatic rings. The lowest BCUT2D eigenvalue weighted by Gasteiger charge is -2.34. The number of likely N-dealkylation sites (tertiary alicyclic amines) is 1. The van der Waals surface area contributed by atoms with Crippen molar-refractivity contribution >= 4 is 48.8 Å². The molecular formula is C21H23N3O3S3. The summed E-state index contributed by atoms with van der Waals surface area (Å²) in [6, 6.07) is 10.9. The summed E-state index contributed by atoms with van der Waals surface area (Å²) in [5.41, 5.74) is 1.04. The molecule has 9 heteroatoms. The molecule has 4 heterocycles. The van der Waals surface area contributed by atoms with Gasteiger partial charge in [-0.15, -0.1) is 22.7 Å². The Labute approximate surface area is 184 Å². The molecule has 1 atom stereocenters. The first kappa shape index (κ1) is 20.1. The highest BCUT2D eigenvalue weighted by Gasteiger charge is 2.42. The molecule has 5 rings (SSSR count). The number of hydrogen-bond acceptors (Lipinski definition) is 6. The van der Waals surface area contributed by atoms with Gasteiger partial charge in [-0.25, -0.2) is 13.4 Å². The summed E-state index contributed by atoms with van der Waals surface area (Å²) in [5, 5.41) is 2.90. The monoisotopic (exact) mass is 461 g/mol. The lowest BCUT2D eigenvalue weighted by Crippen LogP contribution is -2.49. The van der Waals surface area contributed by atoms with E-state index in [1.165, 1.54) is 20.3 Å². The van der Waals surface area contributed by atoms with Crippen LogP contribution in [-0.4, -0.2) is 54.2 Å². The number of thiazole rings is 1. The first-order valence-electron chi connectivity index (χ1n) is 10.2. The molecule has 0 bridgehead atoms. The van der Waals surface area contributed by atoms with Gasteiger partial charge in [0.1, 0.15) is 10.3 Å². The van der Waals surface area contributed by atoms with Crippen LogP contribution >= 0.6 is 22.7 Å². The van der Waals surface area contributed by atoms with Crippen molar-refractivity contribution in [2.24, 2.45) is 0 Å². The Hall–Kier alpha value is -1.81. The molecule has 158 valence electrons. The fourth-order valence-corrected chi connectivity index (χ4v) is 8.33. The van der Waals surface area contributed by atoms with Crippen LogP contribution in [0.5, 0.6) is 0 Å². The highest BCUT2D eigenvalue weighted by molar-refractivity contribution is 7.91. The molecular weight excluding hydrogens is 438 g/mol. The van der Waals surface area contributed by atoms with Crippen LogP contribution in [0.1, 0.15) is 36.6 Å². The number of para-hydroxylation sites is 1. The number of carbonyl (C=O) groups excluding carboxylic acids is 1. The third-order valence-electron chi connectivity index (χ3n) is 6.01. The van der Waals surface area contributed by atoms with Gasteiger partial charge in [-0.1, -0.05) is 18.2 Å². The van der Waals surface area contributed by atoms with E-state index in [-0.39, 0.29) is 5.91 Å². The SMILES string of the molecule is O=C(C1CCCN1S(=O)(=O)c1cccs1)N1CCC(c2nc3ccccc3s2)CC1. The van der Waals surface area contributed by atoms with E-state index < -0.39 is 16.1 Å². The van der Waals surface area contributed by atoms with Gasteiger partial charge in [0.05, 0.1) is 15.2 Å². The number of fused-ring (bicyclic) bond motifs is 1. The van der Waals surface area contributed by atoms with Gasteiger partial charge in [0, 0.05) is 25.6 Å². The van der Waals surface area contributed by atoms with Crippen molar-refractivity contribution in [2.45, 2.75) is 41.9 Å². The van der Waals surface area contributed by atoms with Crippen LogP contribution in [0.3, 0.4) is 0 Å². The molecule has 0 saturated carbocycles. The minimum Gasteiger partial charge on any atom is -0.341 e. The quantitative estimate of drug-likeness (QED) is 0.591. The molecule has 2 aliphatic heterocycles. The zero-order valence-electron chi connectivity index (χ0n) is 16.4. The molecule has 0 aliphatic carbocycles. The average Bonchev–Trinajstić information content (AvgIpc) is 3.53. The Morgan fingerprint density at radius 3 is 2.57 bits per heavy atom. The van der Waals surface area contributed by atoms with Crippen molar-refractivity contribution < 1.29 is 13.2 Å². The largest absolute Gasteiger partial charge is 0.341 e. The number of sulfonamides is 1. The standard InChI is InChI=1S/C21H23N3O3S3/c25-21(17-6-3-11-24(17)30(26,27)19-8-4-14-28-19)23-12-9-15(10-13-23)20-22-16-5-1-2-7-18(16)29-20/h1-2,4-5,7-8,14-15,17H,3,6,9-13H2. The smallest absolute Gasteiger partial charge is 0.253 e. The molecule has 2 fully saturated rings. The molecule has 0 spiro atoms. The minimum absolute atomic E-state index is 0.0459. The number of hydrogen-bond donors (Lipinski definition) is 0. The van der Waals surface area contributed by atoms with Gasteiger partial charge in [-0.2, -0.15) is 4.31 Å². The first-order chi connectivity index (χ1) is 14.5. The Morgan fingerprint density at radius 2 is 1.83 bits per heavy atom. The summed E-state index contributed by atoms with van der Waals surface area (Å²) in [6.45, 7) is 1.73. The number of thiophene rings is 1. The van der Waals surface area contributed by atoms with E-state index in [4.69, 9.17) is 4.98 Å². The predicted molar refractivity (Wildman–Crippen MR) is 119 cm³/mol. The predicted octanol–water partition coefficient (Wildman–Crippen LogP) is 3.92. The Balaban J connectivity index is 1.27. The van der Waals surface area contributed by atoms with E-state index in [1.807, 2.05) is 23.1 Å². The van der Waals surface area contributed by atoms with Crippen molar-refractivity contribution in [2.75, 3.05) is 19.6 Å². The maximum absolute atomic E-state index is 13.2. The maximum atomic E-state index is 13.2. The number of carbonyl (C=O) groups is 1. The van der Waals surface area contributed by atoms with Crippen LogP contribution in [0.2, 0.25) is 0 Å². The van der Waals surface area contributed by atoms with Crippen molar-refractivity contribution in [3.8, 4) is 0 Å². The Kier molecular flexibility index (Phi) is 5.38. The van der Waals surface area contributed by atoms with Gasteiger partial charge in [-0.3, -0.25) is 4.79 Å². The molecule has 3 aromatic rings. The number of amides is 1. The van der Waals surface area contributed by atoms with Crippen molar-refractivity contribution in [3.63, 3.8) is 0 Å². The minimum atomic E-state index is -3.60. The molecule has 0 N–H and O–H groups in total. The van der Waals surface area contributed by atoms with E-state index in [1.54, 1.807) is 28.8 Å². The molecule has 2 saturated heterocycles. The van der Waals surface area contributed by atoms with Crippen LogP contribution in [-0.2, 0) is 14.8 Å². The first-order valence-corrected chi connectivity index (χ1v) is 13.4. The second-order valence-corrected chi connectivity index (χ2v) is 12.0. The van der Waals surface area contributed by atoms with E-state index in [2.05, 4.69) is 6.07 Å². The van der Waals surface area contributed by atoms with Crippen molar-refractivity contribution in [1.82, 2.24) is 14.2 Å².